The summed E-state index contributed by atoms with van der Waals surface area (Å²) in [7, 11) is -3.10. The van der Waals surface area contributed by atoms with E-state index in [0.29, 0.717) is 32.5 Å². The summed E-state index contributed by atoms with van der Waals surface area (Å²) in [5, 5.41) is 3.00. The maximum atomic E-state index is 11.9. The molecule has 1 unspecified atom stereocenters. The highest BCUT2D eigenvalue weighted by molar-refractivity contribution is 7.88. The minimum absolute atomic E-state index is 0.0310. The van der Waals surface area contributed by atoms with Crippen LogP contribution in [0.25, 0.3) is 0 Å². The van der Waals surface area contributed by atoms with Gasteiger partial charge in [-0.1, -0.05) is 6.92 Å². The fourth-order valence-corrected chi connectivity index (χ4v) is 3.10. The Kier molecular flexibility index (Phi) is 6.22. The van der Waals surface area contributed by atoms with Crippen molar-refractivity contribution < 1.29 is 13.2 Å². The van der Waals surface area contributed by atoms with Gasteiger partial charge in [-0.25, -0.2) is 12.7 Å². The van der Waals surface area contributed by atoms with Crippen LogP contribution in [0.1, 0.15) is 32.6 Å². The first kappa shape index (κ1) is 16.4. The molecule has 1 heterocycles. The van der Waals surface area contributed by atoms with E-state index in [0.717, 1.165) is 12.8 Å². The fourth-order valence-electron chi connectivity index (χ4n) is 2.23. The van der Waals surface area contributed by atoms with Crippen LogP contribution >= 0.6 is 0 Å². The van der Waals surface area contributed by atoms with Crippen LogP contribution in [-0.4, -0.2) is 50.6 Å². The maximum Gasteiger partial charge on any atom is 0.223 e. The Balaban J connectivity index is 2.35. The molecule has 0 saturated carbocycles. The summed E-state index contributed by atoms with van der Waals surface area (Å²) in [6.45, 7) is 3.48. The Hall–Kier alpha value is -0.660. The molecule has 7 heteroatoms. The van der Waals surface area contributed by atoms with E-state index in [9.17, 15) is 13.2 Å². The predicted octanol–water partition coefficient (Wildman–Crippen LogP) is -0.0984. The number of piperidine rings is 1. The first-order valence-corrected chi connectivity index (χ1v) is 8.65. The van der Waals surface area contributed by atoms with Crippen molar-refractivity contribution in [2.45, 2.75) is 38.6 Å². The number of hydrogen-bond donors (Lipinski definition) is 2. The number of nitrogens with one attached hydrogen (secondary N) is 1. The van der Waals surface area contributed by atoms with Gasteiger partial charge >= 0.3 is 0 Å². The highest BCUT2D eigenvalue weighted by atomic mass is 32.2. The first-order valence-electron chi connectivity index (χ1n) is 6.80. The van der Waals surface area contributed by atoms with Gasteiger partial charge in [0.15, 0.2) is 0 Å². The van der Waals surface area contributed by atoms with Gasteiger partial charge in [0, 0.05) is 25.0 Å². The molecular formula is C12H25N3O3S. The number of rotatable bonds is 6. The number of carbonyl (C=O) groups is 1. The molecule has 0 aliphatic carbocycles. The van der Waals surface area contributed by atoms with E-state index in [1.165, 1.54) is 10.6 Å². The summed E-state index contributed by atoms with van der Waals surface area (Å²) < 4.78 is 24.2. The molecule has 1 aliphatic heterocycles. The standard InChI is InChI=1S/C12H25N3O3S/c1-10(4-3-7-13)12(16)14-11-5-8-15(9-6-11)19(2,17)18/h10-11H,3-9,13H2,1-2H3,(H,14,16). The van der Waals surface area contributed by atoms with Gasteiger partial charge in [-0.15, -0.1) is 0 Å². The van der Waals surface area contributed by atoms with Gasteiger partial charge in [0.2, 0.25) is 15.9 Å². The van der Waals surface area contributed by atoms with E-state index in [1.54, 1.807) is 0 Å². The average Bonchev–Trinajstić information content (AvgIpc) is 2.35. The van der Waals surface area contributed by atoms with E-state index in [1.807, 2.05) is 6.92 Å². The van der Waals surface area contributed by atoms with Crippen LogP contribution in [-0.2, 0) is 14.8 Å². The lowest BCUT2D eigenvalue weighted by molar-refractivity contribution is -0.125. The molecule has 112 valence electrons. The van der Waals surface area contributed by atoms with Crippen molar-refractivity contribution in [3.63, 3.8) is 0 Å². The molecule has 0 aromatic heterocycles. The molecule has 0 aromatic rings. The summed E-state index contributed by atoms with van der Waals surface area (Å²) in [5.41, 5.74) is 5.42. The molecule has 0 aromatic carbocycles. The smallest absolute Gasteiger partial charge is 0.223 e. The Bertz CT molecular complexity index is 389. The van der Waals surface area contributed by atoms with Crippen LogP contribution in [0.3, 0.4) is 0 Å². The number of hydrogen-bond acceptors (Lipinski definition) is 4. The van der Waals surface area contributed by atoms with E-state index in [2.05, 4.69) is 5.32 Å². The van der Waals surface area contributed by atoms with Crippen LogP contribution in [0.15, 0.2) is 0 Å². The van der Waals surface area contributed by atoms with Crippen molar-refractivity contribution in [1.29, 1.82) is 0 Å². The predicted molar refractivity (Wildman–Crippen MR) is 75.0 cm³/mol. The number of nitrogens with zero attached hydrogens (tertiary/aromatic N) is 1. The van der Waals surface area contributed by atoms with Gasteiger partial charge in [0.05, 0.1) is 6.26 Å². The summed E-state index contributed by atoms with van der Waals surface area (Å²) in [5.74, 6) is 0.0164. The molecule has 19 heavy (non-hydrogen) atoms. The third-order valence-electron chi connectivity index (χ3n) is 3.56. The number of nitrogens with two attached hydrogens (primary N) is 1. The van der Waals surface area contributed by atoms with Crippen molar-refractivity contribution >= 4 is 15.9 Å². The molecule has 1 fully saturated rings. The molecule has 1 aliphatic rings. The lowest BCUT2D eigenvalue weighted by atomic mass is 10.0. The summed E-state index contributed by atoms with van der Waals surface area (Å²) in [6.07, 6.45) is 4.23. The highest BCUT2D eigenvalue weighted by Crippen LogP contribution is 2.14. The van der Waals surface area contributed by atoms with Crippen molar-refractivity contribution in [3.05, 3.63) is 0 Å². The van der Waals surface area contributed by atoms with Crippen LogP contribution in [0, 0.1) is 5.92 Å². The number of sulfonamides is 1. The lowest BCUT2D eigenvalue weighted by Crippen LogP contribution is -2.47. The molecule has 6 nitrogen and oxygen atoms in total. The Morgan fingerprint density at radius 1 is 1.42 bits per heavy atom. The van der Waals surface area contributed by atoms with Crippen molar-refractivity contribution in [3.8, 4) is 0 Å². The van der Waals surface area contributed by atoms with Crippen LogP contribution < -0.4 is 11.1 Å². The second kappa shape index (κ2) is 7.21. The summed E-state index contributed by atoms with van der Waals surface area (Å²) in [6, 6.07) is 0.0887. The van der Waals surface area contributed by atoms with Crippen LogP contribution in [0.5, 0.6) is 0 Å². The highest BCUT2D eigenvalue weighted by Gasteiger charge is 2.26. The van der Waals surface area contributed by atoms with E-state index < -0.39 is 10.0 Å². The molecule has 0 bridgehead atoms. The lowest BCUT2D eigenvalue weighted by Gasteiger charge is -2.31. The van der Waals surface area contributed by atoms with Gasteiger partial charge in [-0.05, 0) is 32.2 Å². The van der Waals surface area contributed by atoms with Crippen LogP contribution in [0.4, 0.5) is 0 Å². The normalized spacial score (nSPS) is 20.2. The first-order chi connectivity index (χ1) is 8.84. The molecule has 1 atom stereocenters. The largest absolute Gasteiger partial charge is 0.353 e. The average molecular weight is 291 g/mol. The zero-order chi connectivity index (χ0) is 14.5. The van der Waals surface area contributed by atoms with Gasteiger partial charge in [0.1, 0.15) is 0 Å². The van der Waals surface area contributed by atoms with E-state index in [-0.39, 0.29) is 17.9 Å². The van der Waals surface area contributed by atoms with Gasteiger partial charge in [-0.3, -0.25) is 4.79 Å². The summed E-state index contributed by atoms with van der Waals surface area (Å²) in [4.78, 5) is 11.9. The summed E-state index contributed by atoms with van der Waals surface area (Å²) >= 11 is 0. The van der Waals surface area contributed by atoms with Crippen LogP contribution in [0.2, 0.25) is 0 Å². The topological polar surface area (TPSA) is 92.5 Å². The molecular weight excluding hydrogens is 266 g/mol. The quantitative estimate of drug-likeness (QED) is 0.715. The molecule has 3 N–H and O–H groups in total. The Morgan fingerprint density at radius 3 is 2.47 bits per heavy atom. The van der Waals surface area contributed by atoms with Gasteiger partial charge < -0.3 is 11.1 Å². The van der Waals surface area contributed by atoms with E-state index in [4.69, 9.17) is 5.73 Å². The maximum absolute atomic E-state index is 11.9. The van der Waals surface area contributed by atoms with E-state index >= 15 is 0 Å². The minimum atomic E-state index is -3.10. The van der Waals surface area contributed by atoms with Crippen molar-refractivity contribution in [1.82, 2.24) is 9.62 Å². The molecule has 0 radical (unpaired) electrons. The SMILES string of the molecule is CC(CCCN)C(=O)NC1CCN(S(C)(=O)=O)CC1. The second-order valence-corrected chi connectivity index (χ2v) is 7.26. The van der Waals surface area contributed by atoms with Gasteiger partial charge in [0.25, 0.3) is 0 Å². The zero-order valence-electron chi connectivity index (χ0n) is 11.8. The van der Waals surface area contributed by atoms with Crippen molar-refractivity contribution in [2.24, 2.45) is 11.7 Å². The monoisotopic (exact) mass is 291 g/mol. The molecule has 1 rings (SSSR count). The fraction of sp³-hybridized carbons (Fsp3) is 0.917. The Morgan fingerprint density at radius 2 is 2.00 bits per heavy atom. The zero-order valence-corrected chi connectivity index (χ0v) is 12.6. The second-order valence-electron chi connectivity index (χ2n) is 5.28. The molecule has 1 amide bonds. The number of carbonyl (C=O) groups excluding carboxylic acids is 1. The third kappa shape index (κ3) is 5.46. The third-order valence-corrected chi connectivity index (χ3v) is 4.86. The number of amides is 1. The minimum Gasteiger partial charge on any atom is -0.353 e. The molecule has 0 spiro atoms. The van der Waals surface area contributed by atoms with Crippen molar-refractivity contribution in [2.75, 3.05) is 25.9 Å². The Labute approximate surface area is 115 Å². The van der Waals surface area contributed by atoms with Gasteiger partial charge in [-0.2, -0.15) is 0 Å². The molecule has 1 saturated heterocycles.